The molecule has 1 saturated heterocycles. The smallest absolute Gasteiger partial charge is 0.225 e. The van der Waals surface area contributed by atoms with Gasteiger partial charge in [-0.25, -0.2) is 4.98 Å². The number of nitrogens with zero attached hydrogens (tertiary/aromatic N) is 3. The van der Waals surface area contributed by atoms with Crippen LogP contribution < -0.4 is 4.90 Å². The number of aromatic nitrogens is 2. The maximum atomic E-state index is 6.04. The van der Waals surface area contributed by atoms with Crippen molar-refractivity contribution >= 4 is 39.0 Å². The zero-order valence-corrected chi connectivity index (χ0v) is 12.1. The van der Waals surface area contributed by atoms with Crippen LogP contribution in [0.15, 0.2) is 11.4 Å². The van der Waals surface area contributed by atoms with Gasteiger partial charge in [-0.2, -0.15) is 4.98 Å². The molecule has 1 aliphatic heterocycles. The predicted octanol–water partition coefficient (Wildman–Crippen LogP) is 3.97. The molecule has 2 aromatic heterocycles. The molecular weight excluding hydrogens is 266 g/mol. The highest BCUT2D eigenvalue weighted by atomic mass is 35.5. The number of thiophene rings is 1. The summed E-state index contributed by atoms with van der Waals surface area (Å²) in [5.74, 6) is 1.70. The summed E-state index contributed by atoms with van der Waals surface area (Å²) in [6, 6.07) is 2.60. The van der Waals surface area contributed by atoms with Crippen molar-refractivity contribution < 1.29 is 0 Å². The lowest BCUT2D eigenvalue weighted by Gasteiger charge is -2.39. The average Bonchev–Trinajstić information content (AvgIpc) is 2.79. The van der Waals surface area contributed by atoms with E-state index in [-0.39, 0.29) is 0 Å². The quantitative estimate of drug-likeness (QED) is 0.741. The van der Waals surface area contributed by atoms with E-state index in [4.69, 9.17) is 11.6 Å². The number of hydrogen-bond donors (Lipinski definition) is 0. The molecule has 3 rings (SSSR count). The van der Waals surface area contributed by atoms with Crippen LogP contribution in [0.5, 0.6) is 0 Å². The lowest BCUT2D eigenvalue weighted by Crippen LogP contribution is -2.43. The standard InChI is InChI=1S/C13H16ClN3S/c1-8-4-3-6-17(9(8)2)11-10-5-7-18-12(10)16-13(14)15-11/h5,7-9H,3-4,6H2,1-2H3. The average molecular weight is 282 g/mol. The van der Waals surface area contributed by atoms with E-state index in [9.17, 15) is 0 Å². The highest BCUT2D eigenvalue weighted by Gasteiger charge is 2.27. The summed E-state index contributed by atoms with van der Waals surface area (Å²) in [5, 5.41) is 3.53. The minimum Gasteiger partial charge on any atom is -0.353 e. The van der Waals surface area contributed by atoms with E-state index in [1.807, 2.05) is 0 Å². The van der Waals surface area contributed by atoms with Crippen molar-refractivity contribution in [3.8, 4) is 0 Å². The van der Waals surface area contributed by atoms with Crippen LogP contribution in [0.25, 0.3) is 10.2 Å². The van der Waals surface area contributed by atoms with Gasteiger partial charge in [-0.3, -0.25) is 0 Å². The monoisotopic (exact) mass is 281 g/mol. The third kappa shape index (κ3) is 1.97. The van der Waals surface area contributed by atoms with E-state index in [2.05, 4.69) is 40.2 Å². The summed E-state index contributed by atoms with van der Waals surface area (Å²) in [4.78, 5) is 12.1. The minimum atomic E-state index is 0.352. The summed E-state index contributed by atoms with van der Waals surface area (Å²) in [6.07, 6.45) is 2.52. The van der Waals surface area contributed by atoms with Crippen molar-refractivity contribution in [1.29, 1.82) is 0 Å². The van der Waals surface area contributed by atoms with Crippen molar-refractivity contribution in [2.75, 3.05) is 11.4 Å². The van der Waals surface area contributed by atoms with Gasteiger partial charge < -0.3 is 4.90 Å². The molecule has 3 heterocycles. The van der Waals surface area contributed by atoms with Crippen molar-refractivity contribution in [2.24, 2.45) is 5.92 Å². The van der Waals surface area contributed by atoms with Crippen LogP contribution in [0, 0.1) is 5.92 Å². The molecule has 2 aromatic rings. The number of anilines is 1. The zero-order chi connectivity index (χ0) is 12.7. The minimum absolute atomic E-state index is 0.352. The topological polar surface area (TPSA) is 29.0 Å². The van der Waals surface area contributed by atoms with E-state index in [0.717, 1.165) is 22.6 Å². The van der Waals surface area contributed by atoms with Crippen molar-refractivity contribution in [3.63, 3.8) is 0 Å². The molecule has 96 valence electrons. The first-order valence-corrected chi connectivity index (χ1v) is 7.60. The van der Waals surface area contributed by atoms with Gasteiger partial charge in [-0.1, -0.05) is 6.92 Å². The van der Waals surface area contributed by atoms with Crippen molar-refractivity contribution in [1.82, 2.24) is 9.97 Å². The number of piperidine rings is 1. The molecule has 0 radical (unpaired) electrons. The van der Waals surface area contributed by atoms with Gasteiger partial charge in [0.15, 0.2) is 0 Å². The molecule has 1 fully saturated rings. The zero-order valence-electron chi connectivity index (χ0n) is 10.6. The third-order valence-electron chi connectivity index (χ3n) is 3.92. The Morgan fingerprint density at radius 2 is 2.22 bits per heavy atom. The molecule has 18 heavy (non-hydrogen) atoms. The molecule has 0 N–H and O–H groups in total. The van der Waals surface area contributed by atoms with Crippen LogP contribution in [0.1, 0.15) is 26.7 Å². The summed E-state index contributed by atoms with van der Waals surface area (Å²) < 4.78 is 0. The van der Waals surface area contributed by atoms with Gasteiger partial charge in [-0.05, 0) is 48.7 Å². The first kappa shape index (κ1) is 12.2. The van der Waals surface area contributed by atoms with Crippen molar-refractivity contribution in [2.45, 2.75) is 32.7 Å². The van der Waals surface area contributed by atoms with E-state index in [1.165, 1.54) is 12.8 Å². The largest absolute Gasteiger partial charge is 0.353 e. The van der Waals surface area contributed by atoms with E-state index < -0.39 is 0 Å². The number of rotatable bonds is 1. The molecule has 2 unspecified atom stereocenters. The molecular formula is C13H16ClN3S. The van der Waals surface area contributed by atoms with E-state index in [1.54, 1.807) is 11.3 Å². The van der Waals surface area contributed by atoms with Crippen LogP contribution in [0.2, 0.25) is 5.28 Å². The Morgan fingerprint density at radius 3 is 3.06 bits per heavy atom. The Morgan fingerprint density at radius 1 is 1.39 bits per heavy atom. The molecule has 2 atom stereocenters. The fourth-order valence-corrected chi connectivity index (χ4v) is 3.64. The molecule has 5 heteroatoms. The lowest BCUT2D eigenvalue weighted by atomic mass is 9.92. The summed E-state index contributed by atoms with van der Waals surface area (Å²) in [6.45, 7) is 5.65. The predicted molar refractivity (Wildman–Crippen MR) is 77.6 cm³/mol. The van der Waals surface area contributed by atoms with E-state index in [0.29, 0.717) is 17.2 Å². The molecule has 0 aromatic carbocycles. The van der Waals surface area contributed by atoms with Gasteiger partial charge in [0.25, 0.3) is 0 Å². The summed E-state index contributed by atoms with van der Waals surface area (Å²) in [5.41, 5.74) is 0. The van der Waals surface area contributed by atoms with Gasteiger partial charge in [0.1, 0.15) is 10.6 Å². The molecule has 0 aliphatic carbocycles. The second kappa shape index (κ2) is 4.67. The second-order valence-corrected chi connectivity index (χ2v) is 6.24. The second-order valence-electron chi connectivity index (χ2n) is 5.01. The van der Waals surface area contributed by atoms with Gasteiger partial charge >= 0.3 is 0 Å². The van der Waals surface area contributed by atoms with Gasteiger partial charge in [0.2, 0.25) is 5.28 Å². The highest BCUT2D eigenvalue weighted by molar-refractivity contribution is 7.16. The molecule has 0 saturated carbocycles. The number of fused-ring (bicyclic) bond motifs is 1. The normalized spacial score (nSPS) is 24.7. The van der Waals surface area contributed by atoms with Gasteiger partial charge in [-0.15, -0.1) is 11.3 Å². The molecule has 0 amide bonds. The third-order valence-corrected chi connectivity index (χ3v) is 4.90. The van der Waals surface area contributed by atoms with E-state index >= 15 is 0 Å². The molecule has 3 nitrogen and oxygen atoms in total. The fourth-order valence-electron chi connectivity index (χ4n) is 2.67. The first-order valence-electron chi connectivity index (χ1n) is 6.34. The van der Waals surface area contributed by atoms with Crippen LogP contribution in [-0.2, 0) is 0 Å². The lowest BCUT2D eigenvalue weighted by molar-refractivity contribution is 0.362. The number of halogens is 1. The summed E-state index contributed by atoms with van der Waals surface area (Å²) >= 11 is 7.66. The van der Waals surface area contributed by atoms with Crippen LogP contribution in [0.3, 0.4) is 0 Å². The maximum absolute atomic E-state index is 6.04. The Kier molecular flexibility index (Phi) is 3.16. The van der Waals surface area contributed by atoms with Gasteiger partial charge in [0.05, 0.1) is 5.39 Å². The first-order chi connectivity index (χ1) is 8.66. The molecule has 0 spiro atoms. The Hall–Kier alpha value is -0.870. The van der Waals surface area contributed by atoms with Crippen LogP contribution in [-0.4, -0.2) is 22.6 Å². The van der Waals surface area contributed by atoms with Gasteiger partial charge in [0, 0.05) is 12.6 Å². The Balaban J connectivity index is 2.10. The number of hydrogen-bond acceptors (Lipinski definition) is 4. The SMILES string of the molecule is CC1CCCN(c2nc(Cl)nc3sccc23)C1C. The van der Waals surface area contributed by atoms with Crippen molar-refractivity contribution in [3.05, 3.63) is 16.7 Å². The Bertz CT molecular complexity index is 568. The van der Waals surface area contributed by atoms with Crippen LogP contribution in [0.4, 0.5) is 5.82 Å². The maximum Gasteiger partial charge on any atom is 0.225 e. The Labute approximate surface area is 116 Å². The molecule has 1 aliphatic rings. The highest BCUT2D eigenvalue weighted by Crippen LogP contribution is 2.34. The molecule has 0 bridgehead atoms. The summed E-state index contributed by atoms with van der Waals surface area (Å²) in [7, 11) is 0. The van der Waals surface area contributed by atoms with Crippen LogP contribution >= 0.6 is 22.9 Å². The fraction of sp³-hybridized carbons (Fsp3) is 0.538.